The van der Waals surface area contributed by atoms with Crippen molar-refractivity contribution in [2.24, 2.45) is 0 Å². The number of nitrogens with one attached hydrogen (secondary N) is 2. The summed E-state index contributed by atoms with van der Waals surface area (Å²) in [7, 11) is 0. The van der Waals surface area contributed by atoms with Gasteiger partial charge in [-0.1, -0.05) is 13.8 Å². The molecule has 0 fully saturated rings. The molecule has 94 valence electrons. The van der Waals surface area contributed by atoms with Crippen molar-refractivity contribution in [2.45, 2.75) is 33.2 Å². The third kappa shape index (κ3) is 5.28. The number of carbonyl (C=O) groups is 1. The SMILES string of the molecule is Cc1nc(NC(=O)CCNC(C)C)ccc1Br. The number of pyridine rings is 1. The average molecular weight is 300 g/mol. The lowest BCUT2D eigenvalue weighted by Crippen LogP contribution is -2.27. The quantitative estimate of drug-likeness (QED) is 0.878. The molecule has 0 aliphatic rings. The highest BCUT2D eigenvalue weighted by atomic mass is 79.9. The van der Waals surface area contributed by atoms with Crippen LogP contribution >= 0.6 is 15.9 Å². The van der Waals surface area contributed by atoms with Crippen molar-refractivity contribution in [2.75, 3.05) is 11.9 Å². The molecule has 2 N–H and O–H groups in total. The summed E-state index contributed by atoms with van der Waals surface area (Å²) in [5, 5.41) is 5.97. The molecular formula is C12H18BrN3O. The summed E-state index contributed by atoms with van der Waals surface area (Å²) in [4.78, 5) is 15.8. The summed E-state index contributed by atoms with van der Waals surface area (Å²) in [6, 6.07) is 4.06. The van der Waals surface area contributed by atoms with Crippen LogP contribution in [-0.2, 0) is 4.79 Å². The predicted molar refractivity (Wildman–Crippen MR) is 73.1 cm³/mol. The van der Waals surface area contributed by atoms with Crippen LogP contribution in [0.15, 0.2) is 16.6 Å². The molecular weight excluding hydrogens is 282 g/mol. The zero-order chi connectivity index (χ0) is 12.8. The topological polar surface area (TPSA) is 54.0 Å². The van der Waals surface area contributed by atoms with Gasteiger partial charge >= 0.3 is 0 Å². The third-order valence-electron chi connectivity index (χ3n) is 2.19. The van der Waals surface area contributed by atoms with Crippen molar-refractivity contribution in [1.29, 1.82) is 0 Å². The molecule has 0 spiro atoms. The van der Waals surface area contributed by atoms with Gasteiger partial charge in [0.15, 0.2) is 0 Å². The number of hydrogen-bond acceptors (Lipinski definition) is 3. The van der Waals surface area contributed by atoms with E-state index in [1.165, 1.54) is 0 Å². The van der Waals surface area contributed by atoms with Crippen LogP contribution in [0.4, 0.5) is 5.82 Å². The summed E-state index contributed by atoms with van der Waals surface area (Å²) in [6.07, 6.45) is 0.453. The Hall–Kier alpha value is -0.940. The van der Waals surface area contributed by atoms with E-state index < -0.39 is 0 Å². The Morgan fingerprint density at radius 3 is 2.76 bits per heavy atom. The molecule has 0 unspecified atom stereocenters. The fourth-order valence-corrected chi connectivity index (χ4v) is 1.51. The first-order valence-corrected chi connectivity index (χ1v) is 6.44. The van der Waals surface area contributed by atoms with Crippen LogP contribution in [0.1, 0.15) is 26.0 Å². The zero-order valence-corrected chi connectivity index (χ0v) is 12.0. The first-order chi connectivity index (χ1) is 7.99. The smallest absolute Gasteiger partial charge is 0.226 e. The van der Waals surface area contributed by atoms with Crippen molar-refractivity contribution in [1.82, 2.24) is 10.3 Å². The largest absolute Gasteiger partial charge is 0.314 e. The summed E-state index contributed by atoms with van der Waals surface area (Å²) in [6.45, 7) is 6.67. The lowest BCUT2D eigenvalue weighted by Gasteiger charge is -2.08. The Balaban J connectivity index is 2.42. The minimum Gasteiger partial charge on any atom is -0.314 e. The van der Waals surface area contributed by atoms with Gasteiger partial charge in [0.1, 0.15) is 5.82 Å². The highest BCUT2D eigenvalue weighted by molar-refractivity contribution is 9.10. The molecule has 1 aromatic rings. The molecule has 1 aromatic heterocycles. The number of rotatable bonds is 5. The first-order valence-electron chi connectivity index (χ1n) is 5.65. The van der Waals surface area contributed by atoms with Gasteiger partial charge in [-0.15, -0.1) is 0 Å². The van der Waals surface area contributed by atoms with Gasteiger partial charge in [0, 0.05) is 23.5 Å². The number of nitrogens with zero attached hydrogens (tertiary/aromatic N) is 1. The molecule has 0 saturated carbocycles. The van der Waals surface area contributed by atoms with E-state index >= 15 is 0 Å². The summed E-state index contributed by atoms with van der Waals surface area (Å²) >= 11 is 3.37. The third-order valence-corrected chi connectivity index (χ3v) is 3.03. The number of halogens is 1. The molecule has 0 aliphatic heterocycles. The lowest BCUT2D eigenvalue weighted by molar-refractivity contribution is -0.116. The molecule has 0 saturated heterocycles. The van der Waals surface area contributed by atoms with Crippen LogP contribution in [-0.4, -0.2) is 23.5 Å². The van der Waals surface area contributed by atoms with Gasteiger partial charge in [0.05, 0.1) is 5.69 Å². The summed E-state index contributed by atoms with van der Waals surface area (Å²) in [5.41, 5.74) is 0.864. The Morgan fingerprint density at radius 1 is 1.47 bits per heavy atom. The van der Waals surface area contributed by atoms with Crippen LogP contribution in [0.3, 0.4) is 0 Å². The van der Waals surface area contributed by atoms with Gasteiger partial charge in [-0.25, -0.2) is 4.98 Å². The van der Waals surface area contributed by atoms with Crippen molar-refractivity contribution >= 4 is 27.7 Å². The monoisotopic (exact) mass is 299 g/mol. The van der Waals surface area contributed by atoms with Crippen molar-refractivity contribution < 1.29 is 4.79 Å². The van der Waals surface area contributed by atoms with E-state index in [2.05, 4.69) is 45.4 Å². The van der Waals surface area contributed by atoms with Crippen molar-refractivity contribution in [3.05, 3.63) is 22.3 Å². The minimum absolute atomic E-state index is 0.0210. The number of hydrogen-bond donors (Lipinski definition) is 2. The van der Waals surface area contributed by atoms with Crippen LogP contribution in [0, 0.1) is 6.92 Å². The number of amides is 1. The standard InChI is InChI=1S/C12H18BrN3O/c1-8(2)14-7-6-12(17)16-11-5-4-10(13)9(3)15-11/h4-5,8,14H,6-7H2,1-3H3,(H,15,16,17). The fraction of sp³-hybridized carbons (Fsp3) is 0.500. The van der Waals surface area contributed by atoms with Crippen molar-refractivity contribution in [3.63, 3.8) is 0 Å². The maximum Gasteiger partial charge on any atom is 0.226 e. The van der Waals surface area contributed by atoms with Gasteiger partial charge in [0.25, 0.3) is 0 Å². The van der Waals surface area contributed by atoms with E-state index in [1.54, 1.807) is 6.07 Å². The maximum absolute atomic E-state index is 11.6. The Morgan fingerprint density at radius 2 is 2.18 bits per heavy atom. The Bertz CT molecular complexity index is 393. The van der Waals surface area contributed by atoms with E-state index in [1.807, 2.05) is 13.0 Å². The molecule has 0 aliphatic carbocycles. The van der Waals surface area contributed by atoms with Crippen LogP contribution in [0.2, 0.25) is 0 Å². The number of carbonyl (C=O) groups excluding carboxylic acids is 1. The lowest BCUT2D eigenvalue weighted by atomic mass is 10.3. The molecule has 5 heteroatoms. The molecule has 17 heavy (non-hydrogen) atoms. The van der Waals surface area contributed by atoms with Gasteiger partial charge in [-0.2, -0.15) is 0 Å². The molecule has 1 amide bonds. The highest BCUT2D eigenvalue weighted by Gasteiger charge is 2.04. The van der Waals surface area contributed by atoms with E-state index in [4.69, 9.17) is 0 Å². The summed E-state index contributed by atoms with van der Waals surface area (Å²) in [5.74, 6) is 0.576. The first kappa shape index (κ1) is 14.1. The van der Waals surface area contributed by atoms with Crippen LogP contribution in [0.5, 0.6) is 0 Å². The molecule has 1 heterocycles. The van der Waals surface area contributed by atoms with E-state index in [0.717, 1.165) is 10.2 Å². The van der Waals surface area contributed by atoms with Crippen LogP contribution in [0.25, 0.3) is 0 Å². The number of aromatic nitrogens is 1. The second-order valence-corrected chi connectivity index (χ2v) is 5.03. The second-order valence-electron chi connectivity index (χ2n) is 4.17. The van der Waals surface area contributed by atoms with Gasteiger partial charge in [0.2, 0.25) is 5.91 Å². The Kier molecular flexibility index (Phi) is 5.58. The number of anilines is 1. The van der Waals surface area contributed by atoms with E-state index in [-0.39, 0.29) is 5.91 Å². The maximum atomic E-state index is 11.6. The minimum atomic E-state index is -0.0210. The molecule has 0 aromatic carbocycles. The normalized spacial score (nSPS) is 10.6. The highest BCUT2D eigenvalue weighted by Crippen LogP contribution is 2.16. The van der Waals surface area contributed by atoms with Gasteiger partial charge in [-0.05, 0) is 35.0 Å². The zero-order valence-electron chi connectivity index (χ0n) is 10.4. The molecule has 0 radical (unpaired) electrons. The average Bonchev–Trinajstić information content (AvgIpc) is 2.23. The molecule has 4 nitrogen and oxygen atoms in total. The van der Waals surface area contributed by atoms with Crippen LogP contribution < -0.4 is 10.6 Å². The van der Waals surface area contributed by atoms with Gasteiger partial charge < -0.3 is 10.6 Å². The molecule has 1 rings (SSSR count). The number of aryl methyl sites for hydroxylation is 1. The Labute approximate surface area is 110 Å². The second kappa shape index (κ2) is 6.71. The molecule has 0 bridgehead atoms. The fourth-order valence-electron chi connectivity index (χ4n) is 1.29. The predicted octanol–water partition coefficient (Wildman–Crippen LogP) is 2.48. The van der Waals surface area contributed by atoms with E-state index in [9.17, 15) is 4.79 Å². The van der Waals surface area contributed by atoms with E-state index in [0.29, 0.717) is 24.8 Å². The summed E-state index contributed by atoms with van der Waals surface area (Å²) < 4.78 is 0.942. The van der Waals surface area contributed by atoms with Crippen molar-refractivity contribution in [3.8, 4) is 0 Å². The molecule has 0 atom stereocenters. The van der Waals surface area contributed by atoms with Gasteiger partial charge in [-0.3, -0.25) is 4.79 Å².